The van der Waals surface area contributed by atoms with Crippen LogP contribution in [0.4, 0.5) is 0 Å². The van der Waals surface area contributed by atoms with Gasteiger partial charge in [-0.2, -0.15) is 0 Å². The molecule has 3 aromatic carbocycles. The highest BCUT2D eigenvalue weighted by atomic mass is 35.5. The van der Waals surface area contributed by atoms with Gasteiger partial charge in [-0.05, 0) is 29.3 Å². The second-order valence-corrected chi connectivity index (χ2v) is 8.29. The molecule has 1 saturated heterocycles. The normalized spacial score (nSPS) is 16.1. The summed E-state index contributed by atoms with van der Waals surface area (Å²) in [6, 6.07) is 25.3. The molecule has 0 bridgehead atoms. The third kappa shape index (κ3) is 5.21. The highest BCUT2D eigenvalue weighted by Crippen LogP contribution is 2.31. The van der Waals surface area contributed by atoms with E-state index in [2.05, 4.69) is 58.3 Å². The monoisotopic (exact) mass is 436 g/mol. The van der Waals surface area contributed by atoms with E-state index in [0.717, 1.165) is 49.2 Å². The minimum Gasteiger partial charge on any atom is -0.497 e. The van der Waals surface area contributed by atoms with Crippen molar-refractivity contribution >= 4 is 11.6 Å². The molecule has 0 radical (unpaired) electrons. The lowest BCUT2D eigenvalue weighted by Crippen LogP contribution is -2.47. The van der Waals surface area contributed by atoms with Crippen LogP contribution in [0.2, 0.25) is 5.02 Å². The molecule has 0 aromatic heterocycles. The number of nitrogens with zero attached hydrogens (tertiary/aromatic N) is 2. The number of halogens is 1. The number of benzene rings is 3. The predicted octanol–water partition coefficient (Wildman–Crippen LogP) is 5.26. The van der Waals surface area contributed by atoms with E-state index in [-0.39, 0.29) is 6.04 Å². The van der Waals surface area contributed by atoms with Crippen LogP contribution in [0.25, 0.3) is 0 Å². The van der Waals surface area contributed by atoms with Crippen molar-refractivity contribution in [3.05, 3.63) is 94.5 Å². The van der Waals surface area contributed by atoms with Gasteiger partial charge in [0.1, 0.15) is 11.5 Å². The molecule has 1 aliphatic heterocycles. The summed E-state index contributed by atoms with van der Waals surface area (Å²) in [7, 11) is 3.39. The van der Waals surface area contributed by atoms with Gasteiger partial charge < -0.3 is 9.47 Å². The number of hydrogen-bond donors (Lipinski definition) is 0. The number of hydrogen-bond acceptors (Lipinski definition) is 4. The molecule has 4 nitrogen and oxygen atoms in total. The van der Waals surface area contributed by atoms with Crippen LogP contribution in [0.5, 0.6) is 11.5 Å². The summed E-state index contributed by atoms with van der Waals surface area (Å²) in [4.78, 5) is 5.06. The number of ether oxygens (including phenoxy) is 2. The minimum atomic E-state index is 0.233. The van der Waals surface area contributed by atoms with Gasteiger partial charge in [0.05, 0.1) is 20.3 Å². The lowest BCUT2D eigenvalue weighted by Gasteiger charge is -2.40. The van der Waals surface area contributed by atoms with Crippen molar-refractivity contribution in [2.24, 2.45) is 0 Å². The highest BCUT2D eigenvalue weighted by molar-refractivity contribution is 6.30. The van der Waals surface area contributed by atoms with Crippen molar-refractivity contribution in [3.63, 3.8) is 0 Å². The van der Waals surface area contributed by atoms with Gasteiger partial charge in [0.25, 0.3) is 0 Å². The molecule has 5 heteroatoms. The zero-order valence-corrected chi connectivity index (χ0v) is 18.9. The Kier molecular flexibility index (Phi) is 7.13. The Balaban J connectivity index is 1.47. The van der Waals surface area contributed by atoms with Crippen LogP contribution in [-0.2, 0) is 6.54 Å². The van der Waals surface area contributed by atoms with Gasteiger partial charge in [0, 0.05) is 49.4 Å². The average molecular weight is 437 g/mol. The van der Waals surface area contributed by atoms with Gasteiger partial charge in [0.2, 0.25) is 0 Å². The third-order valence-corrected chi connectivity index (χ3v) is 6.21. The van der Waals surface area contributed by atoms with Crippen LogP contribution in [0.3, 0.4) is 0 Å². The van der Waals surface area contributed by atoms with Crippen LogP contribution in [0.1, 0.15) is 22.7 Å². The van der Waals surface area contributed by atoms with Gasteiger partial charge in [-0.15, -0.1) is 0 Å². The van der Waals surface area contributed by atoms with Gasteiger partial charge >= 0.3 is 0 Å². The Morgan fingerprint density at radius 3 is 2.13 bits per heavy atom. The fourth-order valence-electron chi connectivity index (χ4n) is 4.30. The molecule has 0 saturated carbocycles. The topological polar surface area (TPSA) is 24.9 Å². The average Bonchev–Trinajstić information content (AvgIpc) is 2.82. The zero-order valence-electron chi connectivity index (χ0n) is 18.1. The van der Waals surface area contributed by atoms with Crippen molar-refractivity contribution < 1.29 is 9.47 Å². The van der Waals surface area contributed by atoms with E-state index in [4.69, 9.17) is 21.1 Å². The van der Waals surface area contributed by atoms with Gasteiger partial charge in [-0.3, -0.25) is 9.80 Å². The van der Waals surface area contributed by atoms with Gasteiger partial charge in [-0.25, -0.2) is 0 Å². The lowest BCUT2D eigenvalue weighted by molar-refractivity contribution is 0.104. The van der Waals surface area contributed by atoms with E-state index >= 15 is 0 Å². The number of rotatable bonds is 7. The molecule has 1 aliphatic rings. The Labute approximate surface area is 190 Å². The van der Waals surface area contributed by atoms with Crippen LogP contribution < -0.4 is 9.47 Å². The van der Waals surface area contributed by atoms with E-state index in [0.29, 0.717) is 0 Å². The zero-order chi connectivity index (χ0) is 21.6. The maximum Gasteiger partial charge on any atom is 0.127 e. The second kappa shape index (κ2) is 10.2. The van der Waals surface area contributed by atoms with Gasteiger partial charge in [-0.1, -0.05) is 60.1 Å². The first kappa shape index (κ1) is 21.7. The summed E-state index contributed by atoms with van der Waals surface area (Å²) in [5.74, 6) is 1.70. The first-order chi connectivity index (χ1) is 15.2. The molecule has 0 N–H and O–H groups in total. The van der Waals surface area contributed by atoms with Crippen molar-refractivity contribution in [2.45, 2.75) is 12.6 Å². The largest absolute Gasteiger partial charge is 0.497 e. The molecule has 0 spiro atoms. The standard InChI is InChI=1S/C26H29ClN2O2/c1-30-24-13-10-22(25(18-24)31-2)19-28-14-16-29(17-15-28)26(20-6-4-3-5-7-20)21-8-11-23(27)12-9-21/h3-13,18,26H,14-17,19H2,1-2H3/t26-/m0/s1. The second-order valence-electron chi connectivity index (χ2n) is 7.85. The summed E-state index contributed by atoms with van der Waals surface area (Å²) < 4.78 is 10.9. The number of piperazine rings is 1. The summed E-state index contributed by atoms with van der Waals surface area (Å²) >= 11 is 6.15. The van der Waals surface area contributed by atoms with Crippen molar-refractivity contribution in [1.29, 1.82) is 0 Å². The molecule has 0 amide bonds. The van der Waals surface area contributed by atoms with Crippen LogP contribution in [-0.4, -0.2) is 50.2 Å². The molecule has 1 atom stereocenters. The fraction of sp³-hybridized carbons (Fsp3) is 0.308. The third-order valence-electron chi connectivity index (χ3n) is 5.96. The smallest absolute Gasteiger partial charge is 0.127 e. The molecular weight excluding hydrogens is 408 g/mol. The molecular formula is C26H29ClN2O2. The molecule has 0 aliphatic carbocycles. The summed E-state index contributed by atoms with van der Waals surface area (Å²) in [6.07, 6.45) is 0. The Morgan fingerprint density at radius 1 is 0.806 bits per heavy atom. The summed E-state index contributed by atoms with van der Waals surface area (Å²) in [5, 5.41) is 0.772. The lowest BCUT2D eigenvalue weighted by atomic mass is 9.96. The quantitative estimate of drug-likeness (QED) is 0.504. The first-order valence-electron chi connectivity index (χ1n) is 10.7. The fourth-order valence-corrected chi connectivity index (χ4v) is 4.42. The van der Waals surface area contributed by atoms with Crippen LogP contribution in [0.15, 0.2) is 72.8 Å². The molecule has 3 aromatic rings. The van der Waals surface area contributed by atoms with Crippen molar-refractivity contribution in [3.8, 4) is 11.5 Å². The first-order valence-corrected chi connectivity index (χ1v) is 11.0. The number of methoxy groups -OCH3 is 2. The molecule has 1 fully saturated rings. The molecule has 31 heavy (non-hydrogen) atoms. The Bertz CT molecular complexity index is 970. The summed E-state index contributed by atoms with van der Waals surface area (Å²) in [5.41, 5.74) is 3.78. The van der Waals surface area contributed by atoms with Gasteiger partial charge in [0.15, 0.2) is 0 Å². The SMILES string of the molecule is COc1ccc(CN2CCN([C@@H](c3ccccc3)c3ccc(Cl)cc3)CC2)c(OC)c1. The van der Waals surface area contributed by atoms with Crippen LogP contribution >= 0.6 is 11.6 Å². The predicted molar refractivity (Wildman–Crippen MR) is 126 cm³/mol. The minimum absolute atomic E-state index is 0.233. The highest BCUT2D eigenvalue weighted by Gasteiger charge is 2.26. The van der Waals surface area contributed by atoms with E-state index in [1.807, 2.05) is 24.3 Å². The van der Waals surface area contributed by atoms with Crippen molar-refractivity contribution in [2.75, 3.05) is 40.4 Å². The Hall–Kier alpha value is -2.53. The van der Waals surface area contributed by atoms with E-state index in [9.17, 15) is 0 Å². The van der Waals surface area contributed by atoms with E-state index < -0.39 is 0 Å². The van der Waals surface area contributed by atoms with E-state index in [1.54, 1.807) is 14.2 Å². The molecule has 0 unspecified atom stereocenters. The maximum atomic E-state index is 6.15. The van der Waals surface area contributed by atoms with Crippen molar-refractivity contribution in [1.82, 2.24) is 9.80 Å². The molecule has 4 rings (SSSR count). The van der Waals surface area contributed by atoms with E-state index in [1.165, 1.54) is 16.7 Å². The Morgan fingerprint density at radius 2 is 1.48 bits per heavy atom. The maximum absolute atomic E-state index is 6.15. The summed E-state index contributed by atoms with van der Waals surface area (Å²) in [6.45, 7) is 4.89. The molecule has 1 heterocycles. The van der Waals surface area contributed by atoms with Crippen LogP contribution in [0, 0.1) is 0 Å². The molecule has 162 valence electrons.